The summed E-state index contributed by atoms with van der Waals surface area (Å²) in [6.45, 7) is 4.35. The Hall–Kier alpha value is -1.23. The van der Waals surface area contributed by atoms with E-state index in [9.17, 15) is 4.79 Å². The lowest BCUT2D eigenvalue weighted by atomic mass is 9.96. The third kappa shape index (κ3) is 2.61. The van der Waals surface area contributed by atoms with Crippen LogP contribution < -0.4 is 10.6 Å². The van der Waals surface area contributed by atoms with Crippen LogP contribution in [-0.2, 0) is 4.74 Å². The highest BCUT2D eigenvalue weighted by molar-refractivity contribution is 7.18. The molecule has 1 saturated heterocycles. The minimum Gasteiger partial charge on any atom is -0.465 e. The summed E-state index contributed by atoms with van der Waals surface area (Å²) in [7, 11) is 1.38. The molecular weight excluding hydrogens is 248 g/mol. The zero-order valence-corrected chi connectivity index (χ0v) is 11.8. The molecule has 1 aliphatic heterocycles. The molecule has 2 N–H and O–H groups in total. The molecule has 1 atom stereocenters. The first kappa shape index (κ1) is 13.2. The highest BCUT2D eigenvalue weighted by atomic mass is 32.1. The van der Waals surface area contributed by atoms with Crippen LogP contribution in [0.5, 0.6) is 0 Å². The van der Waals surface area contributed by atoms with Crippen LogP contribution in [0.25, 0.3) is 0 Å². The van der Waals surface area contributed by atoms with Crippen molar-refractivity contribution in [1.29, 1.82) is 0 Å². The van der Waals surface area contributed by atoms with Crippen LogP contribution in [0.15, 0.2) is 6.07 Å². The van der Waals surface area contributed by atoms with Gasteiger partial charge in [0.2, 0.25) is 0 Å². The summed E-state index contributed by atoms with van der Waals surface area (Å²) in [5, 5.41) is 1.09. The van der Waals surface area contributed by atoms with Gasteiger partial charge in [-0.3, -0.25) is 0 Å². The molecule has 1 fully saturated rings. The molecule has 1 aromatic heterocycles. The highest BCUT2D eigenvalue weighted by Crippen LogP contribution is 2.35. The minimum atomic E-state index is -0.340. The number of hydrogen-bond donors (Lipinski definition) is 1. The van der Waals surface area contributed by atoms with Crippen molar-refractivity contribution in [1.82, 2.24) is 0 Å². The number of nitrogens with zero attached hydrogens (tertiary/aromatic N) is 1. The van der Waals surface area contributed by atoms with Crippen LogP contribution in [0.4, 0.5) is 10.7 Å². The summed E-state index contributed by atoms with van der Waals surface area (Å²) in [5.74, 6) is 0.413. The van der Waals surface area contributed by atoms with E-state index in [4.69, 9.17) is 10.5 Å². The van der Waals surface area contributed by atoms with E-state index in [2.05, 4.69) is 11.8 Å². The molecule has 1 aliphatic rings. The second-order valence-electron chi connectivity index (χ2n) is 4.72. The Morgan fingerprint density at radius 2 is 2.44 bits per heavy atom. The van der Waals surface area contributed by atoms with E-state index in [1.54, 1.807) is 0 Å². The van der Waals surface area contributed by atoms with Crippen LogP contribution in [-0.4, -0.2) is 26.2 Å². The number of nitrogen functional groups attached to an aromatic ring is 1. The molecule has 0 spiro atoms. The van der Waals surface area contributed by atoms with Gasteiger partial charge in [0.05, 0.1) is 17.8 Å². The van der Waals surface area contributed by atoms with Gasteiger partial charge < -0.3 is 15.4 Å². The fraction of sp³-hybridized carbons (Fsp3) is 0.615. The third-order valence-electron chi connectivity index (χ3n) is 3.53. The number of carbonyl (C=O) groups excluding carboxylic acids is 1. The Bertz CT molecular complexity index is 431. The molecule has 2 heterocycles. The number of piperidine rings is 1. The normalized spacial score (nSPS) is 19.9. The minimum absolute atomic E-state index is 0.340. The van der Waals surface area contributed by atoms with E-state index in [0.29, 0.717) is 10.6 Å². The summed E-state index contributed by atoms with van der Waals surface area (Å²) in [6.07, 6.45) is 3.73. The lowest BCUT2D eigenvalue weighted by Gasteiger charge is -2.32. The fourth-order valence-electron chi connectivity index (χ4n) is 2.40. The van der Waals surface area contributed by atoms with Crippen LogP contribution in [0.3, 0.4) is 0 Å². The van der Waals surface area contributed by atoms with Crippen LogP contribution in [0.1, 0.15) is 35.9 Å². The topological polar surface area (TPSA) is 55.6 Å². The van der Waals surface area contributed by atoms with Crippen molar-refractivity contribution < 1.29 is 9.53 Å². The Kier molecular flexibility index (Phi) is 4.11. The van der Waals surface area contributed by atoms with Gasteiger partial charge in [0.15, 0.2) is 0 Å². The second-order valence-corrected chi connectivity index (χ2v) is 5.75. The molecule has 0 aromatic carbocycles. The molecule has 0 bridgehead atoms. The fourth-order valence-corrected chi connectivity index (χ4v) is 3.43. The highest BCUT2D eigenvalue weighted by Gasteiger charge is 2.22. The number of rotatable bonds is 3. The molecule has 0 aliphatic carbocycles. The molecular formula is C13H20N2O2S. The molecule has 4 nitrogen and oxygen atoms in total. The summed E-state index contributed by atoms with van der Waals surface area (Å²) in [4.78, 5) is 14.4. The first-order valence-corrected chi connectivity index (χ1v) is 7.20. The standard InChI is InChI=1S/C13H20N2O2S/c1-3-9-5-4-6-15(8-9)11-7-10(14)12(18-11)13(16)17-2/h7,9H,3-6,8,14H2,1-2H3. The van der Waals surface area contributed by atoms with Crippen molar-refractivity contribution >= 4 is 28.0 Å². The number of ether oxygens (including phenoxy) is 1. The molecule has 0 radical (unpaired) electrons. The molecule has 2 rings (SSSR count). The molecule has 0 amide bonds. The van der Waals surface area contributed by atoms with Gasteiger partial charge in [0, 0.05) is 13.1 Å². The smallest absolute Gasteiger partial charge is 0.350 e. The number of esters is 1. The van der Waals surface area contributed by atoms with E-state index in [1.807, 2.05) is 6.07 Å². The van der Waals surface area contributed by atoms with Crippen molar-refractivity contribution in [3.05, 3.63) is 10.9 Å². The van der Waals surface area contributed by atoms with Crippen LogP contribution in [0.2, 0.25) is 0 Å². The van der Waals surface area contributed by atoms with Crippen molar-refractivity contribution in [3.63, 3.8) is 0 Å². The van der Waals surface area contributed by atoms with E-state index < -0.39 is 0 Å². The van der Waals surface area contributed by atoms with Gasteiger partial charge in [-0.05, 0) is 24.8 Å². The largest absolute Gasteiger partial charge is 0.465 e. The number of hydrogen-bond acceptors (Lipinski definition) is 5. The molecule has 100 valence electrons. The summed E-state index contributed by atoms with van der Waals surface area (Å²) < 4.78 is 4.73. The predicted octanol–water partition coefficient (Wildman–Crippen LogP) is 2.74. The maximum atomic E-state index is 11.5. The van der Waals surface area contributed by atoms with Crippen molar-refractivity contribution in [3.8, 4) is 0 Å². The lowest BCUT2D eigenvalue weighted by molar-refractivity contribution is 0.0607. The zero-order valence-electron chi connectivity index (χ0n) is 10.9. The molecule has 1 aromatic rings. The Labute approximate surface area is 112 Å². The van der Waals surface area contributed by atoms with Crippen molar-refractivity contribution in [2.24, 2.45) is 5.92 Å². The quantitative estimate of drug-likeness (QED) is 0.856. The van der Waals surface area contributed by atoms with Gasteiger partial charge in [0.1, 0.15) is 4.88 Å². The molecule has 0 saturated carbocycles. The molecule has 5 heteroatoms. The maximum Gasteiger partial charge on any atom is 0.350 e. The van der Waals surface area contributed by atoms with E-state index >= 15 is 0 Å². The number of nitrogens with two attached hydrogens (primary N) is 1. The first-order valence-electron chi connectivity index (χ1n) is 6.38. The van der Waals surface area contributed by atoms with Gasteiger partial charge in [-0.2, -0.15) is 0 Å². The van der Waals surface area contributed by atoms with E-state index in [-0.39, 0.29) is 5.97 Å². The van der Waals surface area contributed by atoms with Gasteiger partial charge in [-0.25, -0.2) is 4.79 Å². The lowest BCUT2D eigenvalue weighted by Crippen LogP contribution is -2.34. The number of thiophene rings is 1. The SMILES string of the molecule is CCC1CCCN(c2cc(N)c(C(=O)OC)s2)C1. The number of carbonyl (C=O) groups is 1. The van der Waals surface area contributed by atoms with E-state index in [0.717, 1.165) is 24.0 Å². The van der Waals surface area contributed by atoms with Crippen LogP contribution in [0, 0.1) is 5.92 Å². The van der Waals surface area contributed by atoms with Crippen molar-refractivity contribution in [2.45, 2.75) is 26.2 Å². The number of methoxy groups -OCH3 is 1. The molecule has 1 unspecified atom stereocenters. The van der Waals surface area contributed by atoms with Crippen LogP contribution >= 0.6 is 11.3 Å². The Morgan fingerprint density at radius 3 is 3.11 bits per heavy atom. The zero-order chi connectivity index (χ0) is 13.1. The van der Waals surface area contributed by atoms with Crippen molar-refractivity contribution in [2.75, 3.05) is 30.8 Å². The van der Waals surface area contributed by atoms with E-state index in [1.165, 1.54) is 37.7 Å². The van der Waals surface area contributed by atoms with Gasteiger partial charge in [-0.1, -0.05) is 13.3 Å². The maximum absolute atomic E-state index is 11.5. The third-order valence-corrected chi connectivity index (χ3v) is 4.72. The number of anilines is 2. The Balaban J connectivity index is 2.16. The average Bonchev–Trinajstić information content (AvgIpc) is 2.80. The van der Waals surface area contributed by atoms with Gasteiger partial charge in [-0.15, -0.1) is 11.3 Å². The summed E-state index contributed by atoms with van der Waals surface area (Å²) in [5.41, 5.74) is 6.40. The first-order chi connectivity index (χ1) is 8.65. The summed E-state index contributed by atoms with van der Waals surface area (Å²) in [6, 6.07) is 1.90. The second kappa shape index (κ2) is 5.61. The van der Waals surface area contributed by atoms with Gasteiger partial charge in [0.25, 0.3) is 0 Å². The molecule has 18 heavy (non-hydrogen) atoms. The monoisotopic (exact) mass is 268 g/mol. The predicted molar refractivity (Wildman–Crippen MR) is 75.3 cm³/mol. The summed E-state index contributed by atoms with van der Waals surface area (Å²) >= 11 is 1.44. The Morgan fingerprint density at radius 1 is 1.67 bits per heavy atom. The van der Waals surface area contributed by atoms with Gasteiger partial charge >= 0.3 is 5.97 Å². The average molecular weight is 268 g/mol.